The second kappa shape index (κ2) is 12.8. The fourth-order valence-corrected chi connectivity index (χ4v) is 6.03. The highest BCUT2D eigenvalue weighted by Gasteiger charge is 2.13. The third kappa shape index (κ3) is 6.00. The molecule has 45 heavy (non-hydrogen) atoms. The predicted octanol–water partition coefficient (Wildman–Crippen LogP) is 12.2. The molecule has 0 atom stereocenters. The molecule has 7 aromatic carbocycles. The molecule has 2 heteroatoms. The van der Waals surface area contributed by atoms with Crippen molar-refractivity contribution in [3.63, 3.8) is 0 Å². The van der Waals surface area contributed by atoms with Crippen LogP contribution in [0.25, 0.3) is 44.5 Å². The third-order valence-electron chi connectivity index (χ3n) is 8.25. The maximum atomic E-state index is 3.77. The molecule has 0 radical (unpaired) electrons. The fraction of sp³-hybridized carbons (Fsp3) is 0.0233. The predicted molar refractivity (Wildman–Crippen MR) is 192 cm³/mol. The van der Waals surface area contributed by atoms with Crippen LogP contribution in [0.2, 0.25) is 0 Å². The summed E-state index contributed by atoms with van der Waals surface area (Å²) in [7, 11) is 0. The summed E-state index contributed by atoms with van der Waals surface area (Å²) in [6.45, 7) is 2.18. The monoisotopic (exact) mass is 578 g/mol. The Balaban J connectivity index is 1.20. The van der Waals surface area contributed by atoms with Crippen LogP contribution in [-0.2, 0) is 0 Å². The van der Waals surface area contributed by atoms with E-state index >= 15 is 0 Å². The Kier molecular flexibility index (Phi) is 7.94. The number of anilines is 4. The lowest BCUT2D eigenvalue weighted by Crippen LogP contribution is -1.98. The molecule has 216 valence electrons. The standard InChI is InChI=1S/C43H34N2/c1-31-15-14-26-42(45-41-25-13-9-21-37(41)33-18-6-3-7-19-33)43(31)35-29-27-34(28-30-35)38-22-10-12-24-40(38)44-39-23-11-8-20-36(39)32-16-4-2-5-17-32/h2-30,44-45H,1H3. The van der Waals surface area contributed by atoms with Gasteiger partial charge in [0.25, 0.3) is 0 Å². The van der Waals surface area contributed by atoms with Crippen molar-refractivity contribution >= 4 is 22.7 Å². The zero-order chi connectivity index (χ0) is 30.4. The third-order valence-corrected chi connectivity index (χ3v) is 8.25. The van der Waals surface area contributed by atoms with Gasteiger partial charge < -0.3 is 10.6 Å². The van der Waals surface area contributed by atoms with Crippen LogP contribution in [0.3, 0.4) is 0 Å². The van der Waals surface area contributed by atoms with E-state index in [-0.39, 0.29) is 0 Å². The first-order valence-corrected chi connectivity index (χ1v) is 15.4. The van der Waals surface area contributed by atoms with Crippen molar-refractivity contribution in [2.24, 2.45) is 0 Å². The molecule has 7 rings (SSSR count). The van der Waals surface area contributed by atoms with Crippen molar-refractivity contribution in [2.75, 3.05) is 10.6 Å². The Morgan fingerprint density at radius 3 is 1.13 bits per heavy atom. The fourth-order valence-electron chi connectivity index (χ4n) is 6.03. The van der Waals surface area contributed by atoms with Crippen LogP contribution in [0, 0.1) is 6.92 Å². The number of aryl methyl sites for hydroxylation is 1. The Hall–Kier alpha value is -5.86. The molecule has 0 saturated carbocycles. The molecule has 2 nitrogen and oxygen atoms in total. The lowest BCUT2D eigenvalue weighted by atomic mass is 9.95. The molecule has 0 aromatic heterocycles. The molecule has 0 unspecified atom stereocenters. The maximum Gasteiger partial charge on any atom is 0.0466 e. The van der Waals surface area contributed by atoms with Crippen molar-refractivity contribution in [1.29, 1.82) is 0 Å². The van der Waals surface area contributed by atoms with E-state index in [2.05, 4.69) is 193 Å². The van der Waals surface area contributed by atoms with Crippen molar-refractivity contribution in [3.05, 3.63) is 181 Å². The van der Waals surface area contributed by atoms with Gasteiger partial charge >= 0.3 is 0 Å². The van der Waals surface area contributed by atoms with Gasteiger partial charge in [-0.05, 0) is 59.0 Å². The lowest BCUT2D eigenvalue weighted by Gasteiger charge is -2.18. The summed E-state index contributed by atoms with van der Waals surface area (Å²) in [6, 6.07) is 62.0. The molecule has 0 saturated heterocycles. The Bertz CT molecular complexity index is 2050. The van der Waals surface area contributed by atoms with E-state index in [4.69, 9.17) is 0 Å². The van der Waals surface area contributed by atoms with Crippen LogP contribution >= 0.6 is 0 Å². The minimum Gasteiger partial charge on any atom is -0.355 e. The second-order valence-corrected chi connectivity index (χ2v) is 11.2. The highest BCUT2D eigenvalue weighted by Crippen LogP contribution is 2.39. The van der Waals surface area contributed by atoms with Crippen molar-refractivity contribution < 1.29 is 0 Å². The smallest absolute Gasteiger partial charge is 0.0466 e. The average Bonchev–Trinajstić information content (AvgIpc) is 3.10. The quantitative estimate of drug-likeness (QED) is 0.187. The number of para-hydroxylation sites is 3. The van der Waals surface area contributed by atoms with Crippen LogP contribution in [0.5, 0.6) is 0 Å². The van der Waals surface area contributed by atoms with Gasteiger partial charge in [0.15, 0.2) is 0 Å². The van der Waals surface area contributed by atoms with Gasteiger partial charge in [0.2, 0.25) is 0 Å². The summed E-state index contributed by atoms with van der Waals surface area (Å²) in [5.74, 6) is 0. The van der Waals surface area contributed by atoms with E-state index in [1.54, 1.807) is 0 Å². The van der Waals surface area contributed by atoms with E-state index in [1.165, 1.54) is 38.9 Å². The van der Waals surface area contributed by atoms with Crippen molar-refractivity contribution in [2.45, 2.75) is 6.92 Å². The first kappa shape index (κ1) is 27.9. The largest absolute Gasteiger partial charge is 0.355 e. The topological polar surface area (TPSA) is 24.1 Å². The molecule has 7 aromatic rings. The summed E-state index contributed by atoms with van der Waals surface area (Å²) < 4.78 is 0. The first-order chi connectivity index (χ1) is 22.2. The number of hydrogen-bond acceptors (Lipinski definition) is 2. The molecule has 2 N–H and O–H groups in total. The van der Waals surface area contributed by atoms with E-state index in [9.17, 15) is 0 Å². The van der Waals surface area contributed by atoms with Crippen molar-refractivity contribution in [3.8, 4) is 44.5 Å². The Morgan fingerprint density at radius 2 is 0.644 bits per heavy atom. The van der Waals surface area contributed by atoms with E-state index in [1.807, 2.05) is 0 Å². The molecule has 0 amide bonds. The summed E-state index contributed by atoms with van der Waals surface area (Å²) in [5.41, 5.74) is 15.0. The highest BCUT2D eigenvalue weighted by molar-refractivity contribution is 5.90. The van der Waals surface area contributed by atoms with Crippen LogP contribution in [0.4, 0.5) is 22.7 Å². The highest BCUT2D eigenvalue weighted by atomic mass is 14.9. The molecule has 0 fully saturated rings. The molecule has 0 aliphatic carbocycles. The van der Waals surface area contributed by atoms with E-state index in [0.29, 0.717) is 0 Å². The minimum absolute atomic E-state index is 1.07. The zero-order valence-corrected chi connectivity index (χ0v) is 25.2. The molecule has 0 spiro atoms. The maximum absolute atomic E-state index is 3.77. The van der Waals surface area contributed by atoms with Gasteiger partial charge in [-0.1, -0.05) is 152 Å². The summed E-state index contributed by atoms with van der Waals surface area (Å²) >= 11 is 0. The van der Waals surface area contributed by atoms with Gasteiger partial charge in [0.1, 0.15) is 0 Å². The van der Waals surface area contributed by atoms with Gasteiger partial charge in [0, 0.05) is 45.0 Å². The molecule has 0 heterocycles. The van der Waals surface area contributed by atoms with Gasteiger partial charge in [-0.2, -0.15) is 0 Å². The van der Waals surface area contributed by atoms with E-state index < -0.39 is 0 Å². The Morgan fingerprint density at radius 1 is 0.289 bits per heavy atom. The normalized spacial score (nSPS) is 10.8. The van der Waals surface area contributed by atoms with Crippen molar-refractivity contribution in [1.82, 2.24) is 0 Å². The molecule has 0 bridgehead atoms. The number of benzene rings is 7. The van der Waals surface area contributed by atoms with Gasteiger partial charge in [-0.25, -0.2) is 0 Å². The first-order valence-electron chi connectivity index (χ1n) is 15.4. The SMILES string of the molecule is Cc1cccc(Nc2ccccc2-c2ccccc2)c1-c1ccc(-c2ccccc2Nc2ccccc2-c2ccccc2)cc1. The zero-order valence-electron chi connectivity index (χ0n) is 25.2. The van der Waals surface area contributed by atoms with Gasteiger partial charge in [-0.15, -0.1) is 0 Å². The molecular weight excluding hydrogens is 544 g/mol. The summed E-state index contributed by atoms with van der Waals surface area (Å²) in [5, 5.41) is 7.51. The van der Waals surface area contributed by atoms with Crippen LogP contribution in [0.15, 0.2) is 176 Å². The average molecular weight is 579 g/mol. The number of hydrogen-bond donors (Lipinski definition) is 2. The van der Waals surface area contributed by atoms with Crippen LogP contribution in [-0.4, -0.2) is 0 Å². The van der Waals surface area contributed by atoms with E-state index in [0.717, 1.165) is 33.9 Å². The molecule has 0 aliphatic heterocycles. The minimum atomic E-state index is 1.07. The van der Waals surface area contributed by atoms with Gasteiger partial charge in [0.05, 0.1) is 0 Å². The van der Waals surface area contributed by atoms with Crippen LogP contribution < -0.4 is 10.6 Å². The lowest BCUT2D eigenvalue weighted by molar-refractivity contribution is 1.43. The summed E-state index contributed by atoms with van der Waals surface area (Å²) in [4.78, 5) is 0. The number of rotatable bonds is 8. The summed E-state index contributed by atoms with van der Waals surface area (Å²) in [6.07, 6.45) is 0. The second-order valence-electron chi connectivity index (χ2n) is 11.2. The Labute approximate surface area is 265 Å². The molecular formula is C43H34N2. The number of nitrogens with one attached hydrogen (secondary N) is 2. The van der Waals surface area contributed by atoms with Gasteiger partial charge in [-0.3, -0.25) is 0 Å². The van der Waals surface area contributed by atoms with Crippen LogP contribution in [0.1, 0.15) is 5.56 Å². The molecule has 0 aliphatic rings.